The van der Waals surface area contributed by atoms with Gasteiger partial charge >= 0.3 is 0 Å². The molecule has 0 bridgehead atoms. The standard InChI is InChI=1S/C13H24N4O/c1-3-17(4-2)13-15-12(18-16-13)10-8-6-5-7-9-11(10)14/h10-11H,3-9,14H2,1-2H3. The van der Waals surface area contributed by atoms with Gasteiger partial charge in [-0.3, -0.25) is 0 Å². The minimum absolute atomic E-state index is 0.164. The zero-order valence-corrected chi connectivity index (χ0v) is 11.4. The van der Waals surface area contributed by atoms with E-state index in [0.29, 0.717) is 5.95 Å². The van der Waals surface area contributed by atoms with Crippen LogP contribution < -0.4 is 10.6 Å². The first-order chi connectivity index (χ1) is 8.76. The van der Waals surface area contributed by atoms with Gasteiger partial charge in [0.15, 0.2) is 0 Å². The molecule has 2 rings (SSSR count). The first-order valence-electron chi connectivity index (χ1n) is 7.10. The number of hydrogen-bond acceptors (Lipinski definition) is 5. The molecule has 5 heteroatoms. The van der Waals surface area contributed by atoms with Gasteiger partial charge in [0, 0.05) is 19.1 Å². The highest BCUT2D eigenvalue weighted by Gasteiger charge is 2.27. The molecule has 1 aliphatic carbocycles. The molecule has 0 saturated heterocycles. The number of nitrogens with two attached hydrogens (primary N) is 1. The molecular formula is C13H24N4O. The minimum atomic E-state index is 0.164. The van der Waals surface area contributed by atoms with Gasteiger partial charge in [0.2, 0.25) is 5.89 Å². The monoisotopic (exact) mass is 252 g/mol. The van der Waals surface area contributed by atoms with E-state index in [1.54, 1.807) is 0 Å². The molecule has 0 radical (unpaired) electrons. The molecule has 2 unspecified atom stereocenters. The fourth-order valence-electron chi connectivity index (χ4n) is 2.66. The van der Waals surface area contributed by atoms with Crippen molar-refractivity contribution in [2.24, 2.45) is 5.73 Å². The van der Waals surface area contributed by atoms with E-state index < -0.39 is 0 Å². The van der Waals surface area contributed by atoms with Crippen LogP contribution in [0.1, 0.15) is 57.8 Å². The van der Waals surface area contributed by atoms with Crippen LogP contribution in [0.15, 0.2) is 4.52 Å². The molecule has 18 heavy (non-hydrogen) atoms. The summed E-state index contributed by atoms with van der Waals surface area (Å²) in [5.74, 6) is 1.67. The first kappa shape index (κ1) is 13.3. The Morgan fingerprint density at radius 2 is 1.94 bits per heavy atom. The SMILES string of the molecule is CCN(CC)c1noc(C2CCCCCC2N)n1. The predicted octanol–water partition coefficient (Wildman–Crippen LogP) is 2.29. The van der Waals surface area contributed by atoms with Crippen molar-refractivity contribution >= 4 is 5.95 Å². The van der Waals surface area contributed by atoms with Gasteiger partial charge in [0.05, 0.1) is 5.92 Å². The number of nitrogens with zero attached hydrogens (tertiary/aromatic N) is 3. The van der Waals surface area contributed by atoms with Gasteiger partial charge in [0.1, 0.15) is 0 Å². The molecule has 0 aliphatic heterocycles. The molecule has 0 amide bonds. The Morgan fingerprint density at radius 3 is 2.67 bits per heavy atom. The molecule has 102 valence electrons. The van der Waals surface area contributed by atoms with Gasteiger partial charge in [-0.1, -0.05) is 19.3 Å². The molecule has 5 nitrogen and oxygen atoms in total. The summed E-state index contributed by atoms with van der Waals surface area (Å²) >= 11 is 0. The molecular weight excluding hydrogens is 228 g/mol. The van der Waals surface area contributed by atoms with Crippen LogP contribution in [0.2, 0.25) is 0 Å². The molecule has 0 aromatic carbocycles. The quantitative estimate of drug-likeness (QED) is 0.833. The van der Waals surface area contributed by atoms with Gasteiger partial charge in [-0.15, -0.1) is 0 Å². The molecule has 0 spiro atoms. The van der Waals surface area contributed by atoms with E-state index in [-0.39, 0.29) is 12.0 Å². The summed E-state index contributed by atoms with van der Waals surface area (Å²) in [4.78, 5) is 6.63. The van der Waals surface area contributed by atoms with Crippen molar-refractivity contribution in [1.82, 2.24) is 10.1 Å². The van der Waals surface area contributed by atoms with Gasteiger partial charge in [0.25, 0.3) is 5.95 Å². The second kappa shape index (κ2) is 6.18. The van der Waals surface area contributed by atoms with Crippen molar-refractivity contribution in [3.8, 4) is 0 Å². The maximum Gasteiger partial charge on any atom is 0.266 e. The smallest absolute Gasteiger partial charge is 0.266 e. The maximum atomic E-state index is 6.22. The summed E-state index contributed by atoms with van der Waals surface area (Å²) < 4.78 is 5.43. The summed E-state index contributed by atoms with van der Waals surface area (Å²) in [5.41, 5.74) is 6.22. The molecule has 1 heterocycles. The summed E-state index contributed by atoms with van der Waals surface area (Å²) in [6.45, 7) is 5.98. The van der Waals surface area contributed by atoms with Crippen LogP contribution >= 0.6 is 0 Å². The van der Waals surface area contributed by atoms with Crippen molar-refractivity contribution in [1.29, 1.82) is 0 Å². The lowest BCUT2D eigenvalue weighted by molar-refractivity contribution is 0.325. The molecule has 1 saturated carbocycles. The lowest BCUT2D eigenvalue weighted by Crippen LogP contribution is -2.28. The van der Waals surface area contributed by atoms with Gasteiger partial charge in [-0.05, 0) is 31.8 Å². The van der Waals surface area contributed by atoms with Crippen molar-refractivity contribution < 1.29 is 4.52 Å². The van der Waals surface area contributed by atoms with Crippen LogP contribution in [-0.2, 0) is 0 Å². The second-order valence-corrected chi connectivity index (χ2v) is 5.01. The van der Waals surface area contributed by atoms with E-state index >= 15 is 0 Å². The first-order valence-corrected chi connectivity index (χ1v) is 7.10. The van der Waals surface area contributed by atoms with Crippen LogP contribution in [0.5, 0.6) is 0 Å². The Kier molecular flexibility index (Phi) is 4.58. The normalized spacial score (nSPS) is 24.8. The van der Waals surface area contributed by atoms with E-state index in [2.05, 4.69) is 28.9 Å². The third-order valence-electron chi connectivity index (χ3n) is 3.86. The predicted molar refractivity (Wildman–Crippen MR) is 71.7 cm³/mol. The third kappa shape index (κ3) is 2.83. The Labute approximate surface area is 109 Å². The fourth-order valence-corrected chi connectivity index (χ4v) is 2.66. The molecule has 2 atom stereocenters. The Morgan fingerprint density at radius 1 is 1.22 bits per heavy atom. The van der Waals surface area contributed by atoms with E-state index in [9.17, 15) is 0 Å². The Hall–Kier alpha value is -1.10. The Bertz CT molecular complexity index is 362. The van der Waals surface area contributed by atoms with Crippen LogP contribution in [0.4, 0.5) is 5.95 Å². The lowest BCUT2D eigenvalue weighted by atomic mass is 9.95. The van der Waals surface area contributed by atoms with Gasteiger partial charge < -0.3 is 15.2 Å². The minimum Gasteiger partial charge on any atom is -0.339 e. The summed E-state index contributed by atoms with van der Waals surface area (Å²) in [6.07, 6.45) is 5.83. The summed E-state index contributed by atoms with van der Waals surface area (Å²) in [7, 11) is 0. The van der Waals surface area contributed by atoms with E-state index in [1.165, 1.54) is 19.3 Å². The highest BCUT2D eigenvalue weighted by molar-refractivity contribution is 5.27. The molecule has 1 aliphatic rings. The molecule has 1 fully saturated rings. The van der Waals surface area contributed by atoms with Crippen molar-refractivity contribution in [2.75, 3.05) is 18.0 Å². The average Bonchev–Trinajstić information content (AvgIpc) is 2.74. The maximum absolute atomic E-state index is 6.22. The topological polar surface area (TPSA) is 68.2 Å². The third-order valence-corrected chi connectivity index (χ3v) is 3.86. The lowest BCUT2D eigenvalue weighted by Gasteiger charge is -2.17. The van der Waals surface area contributed by atoms with Crippen LogP contribution in [0.3, 0.4) is 0 Å². The average molecular weight is 252 g/mol. The second-order valence-electron chi connectivity index (χ2n) is 5.01. The van der Waals surface area contributed by atoms with Crippen molar-refractivity contribution in [3.63, 3.8) is 0 Å². The number of aromatic nitrogens is 2. The largest absolute Gasteiger partial charge is 0.339 e. The van der Waals surface area contributed by atoms with E-state index in [4.69, 9.17) is 10.3 Å². The molecule has 2 N–H and O–H groups in total. The number of rotatable bonds is 4. The number of anilines is 1. The van der Waals surface area contributed by atoms with Crippen molar-refractivity contribution in [3.05, 3.63) is 5.89 Å². The summed E-state index contributed by atoms with van der Waals surface area (Å²) in [6, 6.07) is 0.164. The molecule has 1 aromatic heterocycles. The highest BCUT2D eigenvalue weighted by atomic mass is 16.5. The Balaban J connectivity index is 2.12. The fraction of sp³-hybridized carbons (Fsp3) is 0.846. The zero-order chi connectivity index (χ0) is 13.0. The van der Waals surface area contributed by atoms with Crippen LogP contribution in [0.25, 0.3) is 0 Å². The highest BCUT2D eigenvalue weighted by Crippen LogP contribution is 2.30. The van der Waals surface area contributed by atoms with Crippen LogP contribution in [-0.4, -0.2) is 29.3 Å². The van der Waals surface area contributed by atoms with E-state index in [1.807, 2.05) is 0 Å². The van der Waals surface area contributed by atoms with E-state index in [0.717, 1.165) is 31.8 Å². The van der Waals surface area contributed by atoms with Gasteiger partial charge in [-0.25, -0.2) is 0 Å². The zero-order valence-electron chi connectivity index (χ0n) is 11.4. The molecule has 1 aromatic rings. The number of hydrogen-bond donors (Lipinski definition) is 1. The summed E-state index contributed by atoms with van der Waals surface area (Å²) in [5, 5.41) is 4.08. The van der Waals surface area contributed by atoms with Gasteiger partial charge in [-0.2, -0.15) is 4.98 Å². The van der Waals surface area contributed by atoms with Crippen molar-refractivity contribution in [2.45, 2.75) is 57.9 Å². The van der Waals surface area contributed by atoms with Crippen LogP contribution in [0, 0.1) is 0 Å².